The van der Waals surface area contributed by atoms with Crippen LogP contribution in [0.3, 0.4) is 0 Å². The first kappa shape index (κ1) is 28.2. The van der Waals surface area contributed by atoms with Gasteiger partial charge in [0.2, 0.25) is 0 Å². The molecule has 3 nitrogen and oxygen atoms in total. The molecule has 1 aromatic heterocycles. The Morgan fingerprint density at radius 1 is 0.319 bits per heavy atom. The summed E-state index contributed by atoms with van der Waals surface area (Å²) in [4.78, 5) is 12.5. The van der Waals surface area contributed by atoms with Gasteiger partial charge in [-0.1, -0.05) is 140 Å². The quantitative estimate of drug-likeness (QED) is 0.182. The number of benzene rings is 7. The molecule has 0 aliphatic heterocycles. The molecule has 7 aromatic carbocycles. The summed E-state index contributed by atoms with van der Waals surface area (Å²) in [7, 11) is 0. The number of aromatic nitrogens is 2. The standard InChI is InChI=1S/C44H31N3/c1-4-15-32(16-5-1)35-19-14-20-36(31-35)39-23-10-13-26-42(39)47(37-21-8-3-9-22-37)38-29-27-34(28-30-38)44-43(33-17-6-2-7-18-33)45-40-24-11-12-25-41(40)46-44/h1-31H. The fourth-order valence-electron chi connectivity index (χ4n) is 6.18. The Morgan fingerprint density at radius 2 is 0.787 bits per heavy atom. The fraction of sp³-hybridized carbons (Fsp3) is 0. The molecule has 0 unspecified atom stereocenters. The summed E-state index contributed by atoms with van der Waals surface area (Å²) in [5.74, 6) is 0. The molecule has 0 aliphatic rings. The first-order chi connectivity index (χ1) is 23.3. The normalized spacial score (nSPS) is 11.0. The van der Waals surface area contributed by atoms with Crippen molar-refractivity contribution in [2.45, 2.75) is 0 Å². The largest absolute Gasteiger partial charge is 0.310 e. The van der Waals surface area contributed by atoms with Crippen LogP contribution in [0.1, 0.15) is 0 Å². The highest BCUT2D eigenvalue weighted by Gasteiger charge is 2.19. The van der Waals surface area contributed by atoms with Crippen molar-refractivity contribution in [1.82, 2.24) is 9.97 Å². The van der Waals surface area contributed by atoms with Crippen molar-refractivity contribution in [3.8, 4) is 44.8 Å². The summed E-state index contributed by atoms with van der Waals surface area (Å²) < 4.78 is 0. The van der Waals surface area contributed by atoms with Gasteiger partial charge in [0.1, 0.15) is 0 Å². The van der Waals surface area contributed by atoms with Crippen LogP contribution < -0.4 is 4.90 Å². The maximum Gasteiger partial charge on any atom is 0.0973 e. The van der Waals surface area contributed by atoms with E-state index in [2.05, 4.69) is 150 Å². The first-order valence-corrected chi connectivity index (χ1v) is 15.8. The predicted octanol–water partition coefficient (Wildman–Crippen LogP) is 11.8. The lowest BCUT2D eigenvalue weighted by atomic mass is 9.97. The zero-order valence-corrected chi connectivity index (χ0v) is 25.7. The van der Waals surface area contributed by atoms with Crippen LogP contribution in [0, 0.1) is 0 Å². The highest BCUT2D eigenvalue weighted by molar-refractivity contribution is 5.91. The Hall–Kier alpha value is -6.32. The zero-order chi connectivity index (χ0) is 31.4. The van der Waals surface area contributed by atoms with Crippen molar-refractivity contribution in [3.05, 3.63) is 188 Å². The third kappa shape index (κ3) is 5.67. The summed E-state index contributed by atoms with van der Waals surface area (Å²) in [5.41, 5.74) is 13.5. The predicted molar refractivity (Wildman–Crippen MR) is 196 cm³/mol. The van der Waals surface area contributed by atoms with E-state index in [0.717, 1.165) is 56.2 Å². The molecule has 47 heavy (non-hydrogen) atoms. The van der Waals surface area contributed by atoms with E-state index in [4.69, 9.17) is 9.97 Å². The van der Waals surface area contributed by atoms with Gasteiger partial charge in [-0.3, -0.25) is 0 Å². The number of anilines is 3. The first-order valence-electron chi connectivity index (χ1n) is 15.8. The van der Waals surface area contributed by atoms with Crippen LogP contribution in [0.5, 0.6) is 0 Å². The van der Waals surface area contributed by atoms with Crippen LogP contribution >= 0.6 is 0 Å². The van der Waals surface area contributed by atoms with Gasteiger partial charge in [-0.25, -0.2) is 9.97 Å². The van der Waals surface area contributed by atoms with E-state index in [1.807, 2.05) is 42.5 Å². The van der Waals surface area contributed by atoms with Crippen LogP contribution in [0.25, 0.3) is 55.8 Å². The molecule has 8 rings (SSSR count). The minimum absolute atomic E-state index is 0.867. The second kappa shape index (κ2) is 12.6. The maximum absolute atomic E-state index is 5.12. The van der Waals surface area contributed by atoms with Crippen molar-refractivity contribution >= 4 is 28.1 Å². The number of hydrogen-bond donors (Lipinski definition) is 0. The van der Waals surface area contributed by atoms with Gasteiger partial charge in [0.05, 0.1) is 28.1 Å². The maximum atomic E-state index is 5.12. The number of fused-ring (bicyclic) bond motifs is 1. The van der Waals surface area contributed by atoms with E-state index < -0.39 is 0 Å². The second-order valence-corrected chi connectivity index (χ2v) is 11.5. The van der Waals surface area contributed by atoms with Crippen LogP contribution in [-0.4, -0.2) is 9.97 Å². The smallest absolute Gasteiger partial charge is 0.0973 e. The van der Waals surface area contributed by atoms with Gasteiger partial charge in [0.15, 0.2) is 0 Å². The van der Waals surface area contributed by atoms with Gasteiger partial charge < -0.3 is 4.90 Å². The third-order valence-corrected chi connectivity index (χ3v) is 8.46. The summed E-state index contributed by atoms with van der Waals surface area (Å²) in [6.45, 7) is 0. The lowest BCUT2D eigenvalue weighted by Gasteiger charge is -2.28. The molecular formula is C44H31N3. The second-order valence-electron chi connectivity index (χ2n) is 11.5. The SMILES string of the molecule is c1ccc(-c2cccc(-c3ccccc3N(c3ccccc3)c3ccc(-c4nc5ccccc5nc4-c4ccccc4)cc3)c2)cc1. The summed E-state index contributed by atoms with van der Waals surface area (Å²) in [6.07, 6.45) is 0. The minimum atomic E-state index is 0.867. The van der Waals surface area contributed by atoms with Gasteiger partial charge in [0.25, 0.3) is 0 Å². The number of hydrogen-bond acceptors (Lipinski definition) is 3. The van der Waals surface area contributed by atoms with Gasteiger partial charge >= 0.3 is 0 Å². The number of rotatable bonds is 7. The topological polar surface area (TPSA) is 29.0 Å². The van der Waals surface area contributed by atoms with Crippen molar-refractivity contribution in [2.24, 2.45) is 0 Å². The van der Waals surface area contributed by atoms with Gasteiger partial charge in [-0.15, -0.1) is 0 Å². The summed E-state index contributed by atoms with van der Waals surface area (Å²) in [5, 5.41) is 0. The van der Waals surface area contributed by atoms with Crippen molar-refractivity contribution in [1.29, 1.82) is 0 Å². The van der Waals surface area contributed by atoms with E-state index in [1.54, 1.807) is 0 Å². The molecule has 3 heteroatoms. The highest BCUT2D eigenvalue weighted by atomic mass is 15.1. The van der Waals surface area contributed by atoms with E-state index in [0.29, 0.717) is 0 Å². The van der Waals surface area contributed by atoms with Crippen molar-refractivity contribution in [3.63, 3.8) is 0 Å². The average molecular weight is 602 g/mol. The molecule has 0 saturated heterocycles. The summed E-state index contributed by atoms with van der Waals surface area (Å²) in [6, 6.07) is 65.6. The van der Waals surface area contributed by atoms with E-state index >= 15 is 0 Å². The van der Waals surface area contributed by atoms with E-state index in [-0.39, 0.29) is 0 Å². The molecular weight excluding hydrogens is 571 g/mol. The molecule has 0 aliphatic carbocycles. The molecule has 1 heterocycles. The third-order valence-electron chi connectivity index (χ3n) is 8.46. The Kier molecular flexibility index (Phi) is 7.54. The van der Waals surface area contributed by atoms with E-state index in [9.17, 15) is 0 Å². The van der Waals surface area contributed by atoms with Crippen molar-refractivity contribution < 1.29 is 0 Å². The van der Waals surface area contributed by atoms with Crippen LogP contribution in [0.2, 0.25) is 0 Å². The molecule has 8 aromatic rings. The molecule has 0 saturated carbocycles. The van der Waals surface area contributed by atoms with Gasteiger partial charge in [-0.05, 0) is 65.2 Å². The molecule has 0 atom stereocenters. The van der Waals surface area contributed by atoms with E-state index in [1.165, 1.54) is 16.7 Å². The zero-order valence-electron chi connectivity index (χ0n) is 25.7. The molecule has 0 bridgehead atoms. The number of para-hydroxylation sites is 4. The highest BCUT2D eigenvalue weighted by Crippen LogP contribution is 2.42. The number of nitrogens with zero attached hydrogens (tertiary/aromatic N) is 3. The summed E-state index contributed by atoms with van der Waals surface area (Å²) >= 11 is 0. The van der Waals surface area contributed by atoms with Gasteiger partial charge in [0, 0.05) is 28.1 Å². The fourth-order valence-corrected chi connectivity index (χ4v) is 6.18. The monoisotopic (exact) mass is 601 g/mol. The molecule has 0 spiro atoms. The molecule has 222 valence electrons. The molecule has 0 N–H and O–H groups in total. The average Bonchev–Trinajstić information content (AvgIpc) is 3.16. The van der Waals surface area contributed by atoms with Crippen LogP contribution in [-0.2, 0) is 0 Å². The van der Waals surface area contributed by atoms with Gasteiger partial charge in [-0.2, -0.15) is 0 Å². The Balaban J connectivity index is 1.25. The Bertz CT molecular complexity index is 2280. The van der Waals surface area contributed by atoms with Crippen LogP contribution in [0.4, 0.5) is 17.1 Å². The molecule has 0 fully saturated rings. The lowest BCUT2D eigenvalue weighted by molar-refractivity contribution is 1.27. The Labute approximate surface area is 275 Å². The van der Waals surface area contributed by atoms with Crippen LogP contribution in [0.15, 0.2) is 188 Å². The Morgan fingerprint density at radius 3 is 1.45 bits per heavy atom. The van der Waals surface area contributed by atoms with Crippen molar-refractivity contribution in [2.75, 3.05) is 4.90 Å². The molecule has 0 amide bonds. The lowest BCUT2D eigenvalue weighted by Crippen LogP contribution is -2.11. The minimum Gasteiger partial charge on any atom is -0.310 e. The molecule has 0 radical (unpaired) electrons.